The number of nitrogens with zero attached hydrogens (tertiary/aromatic N) is 3. The van der Waals surface area contributed by atoms with Crippen molar-refractivity contribution in [3.8, 4) is 0 Å². The minimum atomic E-state index is 0.767. The predicted octanol–water partition coefficient (Wildman–Crippen LogP) is -0.0958. The quantitative estimate of drug-likeness (QED) is 0.601. The molecule has 1 N–H and O–H groups in total. The van der Waals surface area contributed by atoms with E-state index in [1.165, 1.54) is 0 Å². The highest BCUT2D eigenvalue weighted by atomic mass is 16.5. The van der Waals surface area contributed by atoms with E-state index in [9.17, 15) is 0 Å². The minimum absolute atomic E-state index is 0.767. The Balaban J connectivity index is 1.90. The van der Waals surface area contributed by atoms with E-state index in [0.717, 1.165) is 32.7 Å². The van der Waals surface area contributed by atoms with Gasteiger partial charge >= 0.3 is 0 Å². The molecule has 1 aromatic rings. The first-order valence-electron chi connectivity index (χ1n) is 4.47. The zero-order chi connectivity index (χ0) is 9.36. The molecule has 0 bridgehead atoms. The molecule has 0 aliphatic carbocycles. The summed E-state index contributed by atoms with van der Waals surface area (Å²) in [6, 6.07) is 0. The van der Waals surface area contributed by atoms with E-state index >= 15 is 0 Å². The molecule has 5 heteroatoms. The van der Waals surface area contributed by atoms with Crippen LogP contribution in [0.1, 0.15) is 6.42 Å². The van der Waals surface area contributed by atoms with Crippen LogP contribution in [0.15, 0.2) is 12.4 Å². The molecule has 0 aliphatic heterocycles. The third-order valence-corrected chi connectivity index (χ3v) is 1.70. The first-order valence-corrected chi connectivity index (χ1v) is 4.47. The van der Waals surface area contributed by atoms with Gasteiger partial charge in [-0.3, -0.25) is 4.68 Å². The zero-order valence-electron chi connectivity index (χ0n) is 7.94. The largest absolute Gasteiger partial charge is 0.383 e. The number of aromatic nitrogens is 3. The molecule has 0 radical (unpaired) electrons. The van der Waals surface area contributed by atoms with Crippen molar-refractivity contribution >= 4 is 0 Å². The normalized spacial score (nSPS) is 10.5. The Hall–Kier alpha value is -0.940. The van der Waals surface area contributed by atoms with Crippen molar-refractivity contribution in [3.63, 3.8) is 0 Å². The molecule has 1 rings (SSSR count). The number of rotatable bonds is 7. The Morgan fingerprint density at radius 1 is 1.46 bits per heavy atom. The van der Waals surface area contributed by atoms with Crippen LogP contribution in [0.2, 0.25) is 0 Å². The topological polar surface area (TPSA) is 52.0 Å². The molecule has 0 amide bonds. The average molecular weight is 184 g/mol. The second-order valence-electron chi connectivity index (χ2n) is 2.76. The number of hydrogen-bond donors (Lipinski definition) is 1. The SMILES string of the molecule is COCCNCCCn1ccnn1. The molecule has 0 aliphatic rings. The van der Waals surface area contributed by atoms with E-state index in [1.54, 1.807) is 13.3 Å². The van der Waals surface area contributed by atoms with Crippen LogP contribution in [0.4, 0.5) is 0 Å². The van der Waals surface area contributed by atoms with Gasteiger partial charge in [0, 0.05) is 26.4 Å². The summed E-state index contributed by atoms with van der Waals surface area (Å²) in [7, 11) is 1.71. The third kappa shape index (κ3) is 4.59. The highest BCUT2D eigenvalue weighted by Gasteiger charge is 1.91. The summed E-state index contributed by atoms with van der Waals surface area (Å²) in [5, 5.41) is 10.8. The first-order chi connectivity index (χ1) is 6.43. The third-order valence-electron chi connectivity index (χ3n) is 1.70. The fourth-order valence-electron chi connectivity index (χ4n) is 1.02. The smallest absolute Gasteiger partial charge is 0.0692 e. The number of ether oxygens (including phenoxy) is 1. The lowest BCUT2D eigenvalue weighted by Gasteiger charge is -2.03. The van der Waals surface area contributed by atoms with Gasteiger partial charge in [0.15, 0.2) is 0 Å². The molecule has 0 fully saturated rings. The van der Waals surface area contributed by atoms with E-state index in [4.69, 9.17) is 4.74 Å². The highest BCUT2D eigenvalue weighted by molar-refractivity contribution is 4.63. The molecule has 5 nitrogen and oxygen atoms in total. The van der Waals surface area contributed by atoms with Gasteiger partial charge in [-0.2, -0.15) is 0 Å². The molecule has 0 atom stereocenters. The van der Waals surface area contributed by atoms with Crippen LogP contribution >= 0.6 is 0 Å². The van der Waals surface area contributed by atoms with Crippen molar-refractivity contribution in [1.29, 1.82) is 0 Å². The Kier molecular flexibility index (Phi) is 5.12. The van der Waals surface area contributed by atoms with Gasteiger partial charge in [-0.15, -0.1) is 5.10 Å². The number of aryl methyl sites for hydroxylation is 1. The van der Waals surface area contributed by atoms with Crippen molar-refractivity contribution in [2.45, 2.75) is 13.0 Å². The van der Waals surface area contributed by atoms with E-state index in [2.05, 4.69) is 15.6 Å². The molecule has 1 heterocycles. The average Bonchev–Trinajstić information content (AvgIpc) is 2.63. The van der Waals surface area contributed by atoms with Crippen LogP contribution in [0.3, 0.4) is 0 Å². The van der Waals surface area contributed by atoms with Crippen LogP contribution in [0.25, 0.3) is 0 Å². The summed E-state index contributed by atoms with van der Waals surface area (Å²) in [5.74, 6) is 0. The Morgan fingerprint density at radius 3 is 3.08 bits per heavy atom. The summed E-state index contributed by atoms with van der Waals surface area (Å²) < 4.78 is 6.74. The van der Waals surface area contributed by atoms with Gasteiger partial charge in [0.25, 0.3) is 0 Å². The fraction of sp³-hybridized carbons (Fsp3) is 0.750. The van der Waals surface area contributed by atoms with Crippen molar-refractivity contribution in [2.24, 2.45) is 0 Å². The minimum Gasteiger partial charge on any atom is -0.383 e. The van der Waals surface area contributed by atoms with E-state index in [-0.39, 0.29) is 0 Å². The maximum Gasteiger partial charge on any atom is 0.0692 e. The Bertz CT molecular complexity index is 200. The Morgan fingerprint density at radius 2 is 2.38 bits per heavy atom. The molecule has 0 saturated heterocycles. The van der Waals surface area contributed by atoms with E-state index in [0.29, 0.717) is 0 Å². The van der Waals surface area contributed by atoms with Crippen molar-refractivity contribution in [2.75, 3.05) is 26.8 Å². The molecule has 1 aromatic heterocycles. The van der Waals surface area contributed by atoms with Crippen LogP contribution < -0.4 is 5.32 Å². The zero-order valence-corrected chi connectivity index (χ0v) is 7.94. The monoisotopic (exact) mass is 184 g/mol. The summed E-state index contributed by atoms with van der Waals surface area (Å²) in [6.45, 7) is 3.58. The molecule has 0 unspecified atom stereocenters. The fourth-order valence-corrected chi connectivity index (χ4v) is 1.02. The van der Waals surface area contributed by atoms with Crippen LogP contribution in [-0.4, -0.2) is 41.8 Å². The lowest BCUT2D eigenvalue weighted by atomic mass is 10.4. The summed E-state index contributed by atoms with van der Waals surface area (Å²) in [6.07, 6.45) is 4.63. The molecular formula is C8H16N4O. The van der Waals surface area contributed by atoms with E-state index < -0.39 is 0 Å². The molecular weight excluding hydrogens is 168 g/mol. The number of methoxy groups -OCH3 is 1. The van der Waals surface area contributed by atoms with Crippen LogP contribution in [-0.2, 0) is 11.3 Å². The molecule has 0 saturated carbocycles. The molecule has 74 valence electrons. The van der Waals surface area contributed by atoms with Crippen LogP contribution in [0.5, 0.6) is 0 Å². The van der Waals surface area contributed by atoms with Gasteiger partial charge < -0.3 is 10.1 Å². The second-order valence-corrected chi connectivity index (χ2v) is 2.76. The molecule has 13 heavy (non-hydrogen) atoms. The Labute approximate surface area is 78.1 Å². The maximum atomic E-state index is 4.90. The summed E-state index contributed by atoms with van der Waals surface area (Å²) in [5.41, 5.74) is 0. The van der Waals surface area contributed by atoms with Crippen molar-refractivity contribution in [3.05, 3.63) is 12.4 Å². The first kappa shape index (κ1) is 10.1. The summed E-state index contributed by atoms with van der Waals surface area (Å²) >= 11 is 0. The second kappa shape index (κ2) is 6.56. The van der Waals surface area contributed by atoms with E-state index in [1.807, 2.05) is 10.9 Å². The lowest BCUT2D eigenvalue weighted by Crippen LogP contribution is -2.21. The molecule has 0 aromatic carbocycles. The number of nitrogens with one attached hydrogen (secondary N) is 1. The van der Waals surface area contributed by atoms with Gasteiger partial charge in [-0.05, 0) is 13.0 Å². The highest BCUT2D eigenvalue weighted by Crippen LogP contribution is 1.85. The summed E-state index contributed by atoms with van der Waals surface area (Å²) in [4.78, 5) is 0. The van der Waals surface area contributed by atoms with Crippen LogP contribution in [0, 0.1) is 0 Å². The van der Waals surface area contributed by atoms with Crippen molar-refractivity contribution in [1.82, 2.24) is 20.3 Å². The van der Waals surface area contributed by atoms with Gasteiger partial charge in [-0.1, -0.05) is 5.21 Å². The predicted molar refractivity (Wildman–Crippen MR) is 49.4 cm³/mol. The maximum absolute atomic E-state index is 4.90. The van der Waals surface area contributed by atoms with Gasteiger partial charge in [0.1, 0.15) is 0 Å². The molecule has 0 spiro atoms. The van der Waals surface area contributed by atoms with Crippen molar-refractivity contribution < 1.29 is 4.74 Å². The standard InChI is InChI=1S/C8H16N4O/c1-13-8-5-9-3-2-6-12-7-4-10-11-12/h4,7,9H,2-3,5-6,8H2,1H3. The number of hydrogen-bond acceptors (Lipinski definition) is 4. The van der Waals surface area contributed by atoms with Gasteiger partial charge in [-0.25, -0.2) is 0 Å². The van der Waals surface area contributed by atoms with Gasteiger partial charge in [0.05, 0.1) is 12.8 Å². The lowest BCUT2D eigenvalue weighted by molar-refractivity contribution is 0.199. The van der Waals surface area contributed by atoms with Gasteiger partial charge in [0.2, 0.25) is 0 Å².